The van der Waals surface area contributed by atoms with Crippen molar-refractivity contribution < 1.29 is 19.4 Å². The van der Waals surface area contributed by atoms with Gasteiger partial charge in [0.05, 0.1) is 0 Å². The van der Waals surface area contributed by atoms with E-state index in [1.54, 1.807) is 18.2 Å². The molecule has 1 N–H and O–H groups in total. The molecule has 2 fully saturated rings. The molecule has 0 aromatic heterocycles. The number of rotatable bonds is 3. The first kappa shape index (κ1) is 18.8. The number of carbonyl (C=O) groups excluding carboxylic acids is 2. The first-order chi connectivity index (χ1) is 13.2. The number of aromatic hydroxyl groups is 1. The maximum Gasteiger partial charge on any atom is 0.342 e. The molecular weight excluding hydrogens is 354 g/mol. The van der Waals surface area contributed by atoms with Crippen LogP contribution in [0.1, 0.15) is 50.4 Å². The fourth-order valence-corrected chi connectivity index (χ4v) is 5.46. The number of carbonyl (C=O) groups is 2. The second kappa shape index (κ2) is 6.50. The van der Waals surface area contributed by atoms with E-state index >= 15 is 0 Å². The van der Waals surface area contributed by atoms with Crippen LogP contribution in [0.25, 0.3) is 10.8 Å². The van der Waals surface area contributed by atoms with E-state index in [-0.39, 0.29) is 40.7 Å². The van der Waals surface area contributed by atoms with E-state index in [4.69, 9.17) is 4.74 Å². The second-order valence-corrected chi connectivity index (χ2v) is 9.49. The highest BCUT2D eigenvalue weighted by atomic mass is 16.5. The van der Waals surface area contributed by atoms with Gasteiger partial charge in [-0.1, -0.05) is 51.1 Å². The molecule has 2 aliphatic rings. The third-order valence-corrected chi connectivity index (χ3v) is 6.18. The van der Waals surface area contributed by atoms with E-state index in [1.807, 2.05) is 17.0 Å². The Labute approximate surface area is 165 Å². The molecule has 0 spiro atoms. The van der Waals surface area contributed by atoms with E-state index in [0.29, 0.717) is 5.39 Å². The van der Waals surface area contributed by atoms with Crippen LogP contribution in [-0.2, 0) is 9.53 Å². The van der Waals surface area contributed by atoms with Crippen LogP contribution in [0.5, 0.6) is 5.75 Å². The minimum absolute atomic E-state index is 0.0831. The van der Waals surface area contributed by atoms with Crippen LogP contribution in [0, 0.1) is 10.8 Å². The Morgan fingerprint density at radius 3 is 2.68 bits per heavy atom. The molecule has 1 heterocycles. The van der Waals surface area contributed by atoms with E-state index in [1.165, 1.54) is 6.07 Å². The van der Waals surface area contributed by atoms with Crippen LogP contribution < -0.4 is 0 Å². The number of fused-ring (bicyclic) bond motifs is 3. The number of hydrogen-bond donors (Lipinski definition) is 1. The second-order valence-electron chi connectivity index (χ2n) is 9.49. The first-order valence-corrected chi connectivity index (χ1v) is 9.85. The quantitative estimate of drug-likeness (QED) is 0.812. The summed E-state index contributed by atoms with van der Waals surface area (Å²) in [4.78, 5) is 27.1. The summed E-state index contributed by atoms with van der Waals surface area (Å²) in [6.45, 7) is 7.19. The highest BCUT2D eigenvalue weighted by Crippen LogP contribution is 2.52. The zero-order valence-corrected chi connectivity index (χ0v) is 16.7. The molecule has 1 aliphatic carbocycles. The fourth-order valence-electron chi connectivity index (χ4n) is 5.46. The number of benzene rings is 2. The first-order valence-electron chi connectivity index (χ1n) is 9.85. The molecule has 148 valence electrons. The van der Waals surface area contributed by atoms with Gasteiger partial charge in [-0.25, -0.2) is 4.79 Å². The average Bonchev–Trinajstić information content (AvgIpc) is 2.88. The Kier molecular flexibility index (Phi) is 4.36. The van der Waals surface area contributed by atoms with Crippen LogP contribution in [0.15, 0.2) is 36.4 Å². The van der Waals surface area contributed by atoms with Gasteiger partial charge in [0.2, 0.25) is 0 Å². The molecule has 2 aromatic carbocycles. The van der Waals surface area contributed by atoms with Crippen molar-refractivity contribution in [2.75, 3.05) is 13.2 Å². The molecular formula is C23H27NO4. The number of nitrogens with zero attached hydrogens (tertiary/aromatic N) is 1. The molecule has 1 saturated heterocycles. The number of hydrogen-bond acceptors (Lipinski definition) is 4. The number of esters is 1. The third kappa shape index (κ3) is 3.34. The standard InChI is InChI=1S/C23H27NO4/c1-22(2)10-16-11-23(3,13-22)14-24(16)19(25)12-28-21(27)18-9-8-15-6-4-5-7-17(15)20(18)26/h4-9,16,26H,10-14H2,1-3H3/t16-,23-/m1/s1. The Hall–Kier alpha value is -2.56. The summed E-state index contributed by atoms with van der Waals surface area (Å²) in [6, 6.07) is 10.8. The van der Waals surface area contributed by atoms with E-state index in [2.05, 4.69) is 20.8 Å². The van der Waals surface area contributed by atoms with Crippen LogP contribution in [-0.4, -0.2) is 41.1 Å². The van der Waals surface area contributed by atoms with E-state index in [0.717, 1.165) is 31.2 Å². The molecule has 1 saturated carbocycles. The summed E-state index contributed by atoms with van der Waals surface area (Å²) >= 11 is 0. The highest BCUT2D eigenvalue weighted by Gasteiger charge is 2.50. The predicted molar refractivity (Wildman–Crippen MR) is 107 cm³/mol. The zero-order chi connectivity index (χ0) is 20.1. The van der Waals surface area contributed by atoms with Gasteiger partial charge >= 0.3 is 5.97 Å². The Morgan fingerprint density at radius 1 is 1.14 bits per heavy atom. The zero-order valence-electron chi connectivity index (χ0n) is 16.7. The number of likely N-dealkylation sites (tertiary alicyclic amines) is 1. The topological polar surface area (TPSA) is 66.8 Å². The van der Waals surface area contributed by atoms with Crippen molar-refractivity contribution in [2.24, 2.45) is 10.8 Å². The molecule has 5 nitrogen and oxygen atoms in total. The molecule has 5 heteroatoms. The smallest absolute Gasteiger partial charge is 0.342 e. The predicted octanol–water partition coefficient (Wildman–Crippen LogP) is 4.13. The van der Waals surface area contributed by atoms with E-state index < -0.39 is 5.97 Å². The van der Waals surface area contributed by atoms with Crippen molar-refractivity contribution >= 4 is 22.6 Å². The van der Waals surface area contributed by atoms with Crippen molar-refractivity contribution in [1.82, 2.24) is 4.90 Å². The molecule has 0 radical (unpaired) electrons. The van der Waals surface area contributed by atoms with Gasteiger partial charge in [-0.2, -0.15) is 0 Å². The van der Waals surface area contributed by atoms with Crippen molar-refractivity contribution in [3.8, 4) is 5.75 Å². The lowest BCUT2D eigenvalue weighted by Crippen LogP contribution is -2.39. The van der Waals surface area contributed by atoms with Crippen molar-refractivity contribution in [1.29, 1.82) is 0 Å². The Balaban J connectivity index is 1.44. The summed E-state index contributed by atoms with van der Waals surface area (Å²) < 4.78 is 5.28. The molecule has 2 aromatic rings. The summed E-state index contributed by atoms with van der Waals surface area (Å²) in [6.07, 6.45) is 3.10. The monoisotopic (exact) mass is 381 g/mol. The van der Waals surface area contributed by atoms with E-state index in [9.17, 15) is 14.7 Å². The van der Waals surface area contributed by atoms with Crippen molar-refractivity contribution in [2.45, 2.75) is 46.1 Å². The van der Waals surface area contributed by atoms with Gasteiger partial charge in [0.1, 0.15) is 11.3 Å². The molecule has 28 heavy (non-hydrogen) atoms. The Bertz CT molecular complexity index is 951. The lowest BCUT2D eigenvalue weighted by atomic mass is 9.65. The molecule has 0 unspecified atom stereocenters. The maximum atomic E-state index is 12.8. The van der Waals surface area contributed by atoms with Gasteiger partial charge in [0, 0.05) is 18.0 Å². The van der Waals surface area contributed by atoms with Crippen LogP contribution in [0.2, 0.25) is 0 Å². The number of phenols is 1. The van der Waals surface area contributed by atoms with Crippen molar-refractivity contribution in [3.63, 3.8) is 0 Å². The number of amides is 1. The summed E-state index contributed by atoms with van der Waals surface area (Å²) in [5.41, 5.74) is 0.447. The van der Waals surface area contributed by atoms with Gasteiger partial charge < -0.3 is 14.7 Å². The fraction of sp³-hybridized carbons (Fsp3) is 0.478. The van der Waals surface area contributed by atoms with Gasteiger partial charge in [-0.15, -0.1) is 0 Å². The third-order valence-electron chi connectivity index (χ3n) is 6.18. The molecule has 4 rings (SSSR count). The number of phenolic OH excluding ortho intramolecular Hbond substituents is 1. The largest absolute Gasteiger partial charge is 0.506 e. The number of ether oxygens (including phenoxy) is 1. The lowest BCUT2D eigenvalue weighted by molar-refractivity contribution is -0.135. The Morgan fingerprint density at radius 2 is 1.89 bits per heavy atom. The summed E-state index contributed by atoms with van der Waals surface area (Å²) in [7, 11) is 0. The maximum absolute atomic E-state index is 12.8. The van der Waals surface area contributed by atoms with Gasteiger partial charge in [0.25, 0.3) is 5.91 Å². The molecule has 1 aliphatic heterocycles. The van der Waals surface area contributed by atoms with Crippen LogP contribution >= 0.6 is 0 Å². The van der Waals surface area contributed by atoms with Gasteiger partial charge in [-0.3, -0.25) is 4.79 Å². The summed E-state index contributed by atoms with van der Waals surface area (Å²) in [5.74, 6) is -0.938. The summed E-state index contributed by atoms with van der Waals surface area (Å²) in [5, 5.41) is 11.8. The molecule has 2 atom stereocenters. The highest BCUT2D eigenvalue weighted by molar-refractivity contribution is 6.01. The average molecular weight is 381 g/mol. The molecule has 1 amide bonds. The SMILES string of the molecule is CC1(C)C[C@@H]2C[C@@](C)(CN2C(=O)COC(=O)c2ccc3ccccc3c2O)C1. The molecule has 2 bridgehead atoms. The minimum Gasteiger partial charge on any atom is -0.506 e. The van der Waals surface area contributed by atoms with Crippen LogP contribution in [0.3, 0.4) is 0 Å². The van der Waals surface area contributed by atoms with Gasteiger partial charge in [0.15, 0.2) is 6.61 Å². The minimum atomic E-state index is -0.676. The van der Waals surface area contributed by atoms with Crippen LogP contribution in [0.4, 0.5) is 0 Å². The van der Waals surface area contributed by atoms with Gasteiger partial charge in [-0.05, 0) is 41.5 Å². The van der Waals surface area contributed by atoms with Crippen molar-refractivity contribution in [3.05, 3.63) is 42.0 Å². The normalized spacial score (nSPS) is 25.7. The lowest BCUT2D eigenvalue weighted by Gasteiger charge is -2.39.